The van der Waals surface area contributed by atoms with Gasteiger partial charge in [-0.3, -0.25) is 9.59 Å². The maximum Gasteiger partial charge on any atom is 0.311 e. The summed E-state index contributed by atoms with van der Waals surface area (Å²) in [6, 6.07) is -0.415. The Labute approximate surface area is 99.3 Å². The molecule has 0 spiro atoms. The molecule has 3 atom stereocenters. The third-order valence-electron chi connectivity index (χ3n) is 3.26. The first-order valence-corrected chi connectivity index (χ1v) is 5.87. The van der Waals surface area contributed by atoms with Crippen LogP contribution in [0.3, 0.4) is 0 Å². The van der Waals surface area contributed by atoms with E-state index >= 15 is 0 Å². The molecule has 0 aromatic rings. The fraction of sp³-hybridized carbons (Fsp3) is 0.818. The van der Waals surface area contributed by atoms with E-state index < -0.39 is 17.9 Å². The number of carboxylic acid groups (broad SMARTS) is 1. The molecule has 6 nitrogen and oxygen atoms in total. The van der Waals surface area contributed by atoms with Crippen molar-refractivity contribution >= 4 is 11.9 Å². The van der Waals surface area contributed by atoms with E-state index in [4.69, 9.17) is 14.6 Å². The summed E-state index contributed by atoms with van der Waals surface area (Å²) in [5.74, 6) is -1.83. The van der Waals surface area contributed by atoms with Gasteiger partial charge in [0.15, 0.2) is 0 Å². The molecule has 2 aliphatic rings. The number of ether oxygens (including phenoxy) is 2. The highest BCUT2D eigenvalue weighted by Gasteiger charge is 2.36. The zero-order valence-corrected chi connectivity index (χ0v) is 9.55. The standard InChI is InChI=1S/C11H17NO5/c13-10(7-2-1-3-16-4-7)12-9-6-17-5-8(9)11(14)15/h7-9H,1-6H2,(H,12,13)(H,14,15). The minimum Gasteiger partial charge on any atom is -0.481 e. The fourth-order valence-corrected chi connectivity index (χ4v) is 2.19. The van der Waals surface area contributed by atoms with Crippen LogP contribution >= 0.6 is 0 Å². The highest BCUT2D eigenvalue weighted by molar-refractivity contribution is 5.80. The lowest BCUT2D eigenvalue weighted by Gasteiger charge is -2.24. The highest BCUT2D eigenvalue weighted by Crippen LogP contribution is 2.17. The highest BCUT2D eigenvalue weighted by atomic mass is 16.5. The molecular weight excluding hydrogens is 226 g/mol. The molecule has 2 rings (SSSR count). The van der Waals surface area contributed by atoms with Gasteiger partial charge in [0.2, 0.25) is 5.91 Å². The average molecular weight is 243 g/mol. The summed E-state index contributed by atoms with van der Waals surface area (Å²) in [4.78, 5) is 22.8. The Hall–Kier alpha value is -1.14. The van der Waals surface area contributed by atoms with Crippen molar-refractivity contribution in [3.05, 3.63) is 0 Å². The molecule has 0 aromatic carbocycles. The second-order valence-corrected chi connectivity index (χ2v) is 4.51. The first-order valence-electron chi connectivity index (χ1n) is 5.87. The monoisotopic (exact) mass is 243 g/mol. The van der Waals surface area contributed by atoms with Gasteiger partial charge in [-0.15, -0.1) is 0 Å². The molecule has 0 saturated carbocycles. The number of amides is 1. The second kappa shape index (κ2) is 5.46. The second-order valence-electron chi connectivity index (χ2n) is 4.51. The number of carbonyl (C=O) groups is 2. The Bertz CT molecular complexity index is 300. The molecule has 6 heteroatoms. The maximum absolute atomic E-state index is 11.9. The van der Waals surface area contributed by atoms with Gasteiger partial charge in [-0.1, -0.05) is 0 Å². The van der Waals surface area contributed by atoms with E-state index in [-0.39, 0.29) is 25.0 Å². The summed E-state index contributed by atoms with van der Waals surface area (Å²) in [5, 5.41) is 11.7. The first kappa shape index (κ1) is 12.3. The summed E-state index contributed by atoms with van der Waals surface area (Å²) in [5.41, 5.74) is 0. The van der Waals surface area contributed by atoms with Gasteiger partial charge in [0, 0.05) is 6.61 Å². The van der Waals surface area contributed by atoms with Crippen molar-refractivity contribution in [2.75, 3.05) is 26.4 Å². The number of carboxylic acids is 1. The zero-order valence-electron chi connectivity index (χ0n) is 9.55. The third kappa shape index (κ3) is 2.95. The molecule has 2 aliphatic heterocycles. The van der Waals surface area contributed by atoms with E-state index in [0.29, 0.717) is 13.2 Å². The van der Waals surface area contributed by atoms with Crippen LogP contribution in [0.2, 0.25) is 0 Å². The Kier molecular flexibility index (Phi) is 3.96. The average Bonchev–Trinajstić information content (AvgIpc) is 2.78. The van der Waals surface area contributed by atoms with Gasteiger partial charge in [-0.05, 0) is 12.8 Å². The number of nitrogens with one attached hydrogen (secondary N) is 1. The molecule has 0 bridgehead atoms. The molecule has 2 saturated heterocycles. The van der Waals surface area contributed by atoms with E-state index in [1.165, 1.54) is 0 Å². The lowest BCUT2D eigenvalue weighted by atomic mass is 9.99. The fourth-order valence-electron chi connectivity index (χ4n) is 2.19. The van der Waals surface area contributed by atoms with E-state index in [0.717, 1.165) is 12.8 Å². The molecule has 1 amide bonds. The van der Waals surface area contributed by atoms with Crippen LogP contribution in [0.25, 0.3) is 0 Å². The van der Waals surface area contributed by atoms with Crippen molar-refractivity contribution in [3.8, 4) is 0 Å². The van der Waals surface area contributed by atoms with E-state index in [1.54, 1.807) is 0 Å². The predicted molar refractivity (Wildman–Crippen MR) is 57.4 cm³/mol. The van der Waals surface area contributed by atoms with Crippen LogP contribution in [0.4, 0.5) is 0 Å². The molecule has 0 radical (unpaired) electrons. The first-order chi connectivity index (χ1) is 8.18. The summed E-state index contributed by atoms with van der Waals surface area (Å²) in [6.07, 6.45) is 1.68. The molecule has 2 N–H and O–H groups in total. The van der Waals surface area contributed by atoms with Crippen molar-refractivity contribution in [2.24, 2.45) is 11.8 Å². The van der Waals surface area contributed by atoms with Crippen molar-refractivity contribution in [1.29, 1.82) is 0 Å². The zero-order chi connectivity index (χ0) is 12.3. The normalized spacial score (nSPS) is 33.3. The smallest absolute Gasteiger partial charge is 0.311 e. The number of aliphatic carboxylic acids is 1. The van der Waals surface area contributed by atoms with Gasteiger partial charge in [0.25, 0.3) is 0 Å². The van der Waals surface area contributed by atoms with Crippen LogP contribution in [0.15, 0.2) is 0 Å². The number of hydrogen-bond donors (Lipinski definition) is 2. The summed E-state index contributed by atoms with van der Waals surface area (Å²) < 4.78 is 10.3. The van der Waals surface area contributed by atoms with Crippen LogP contribution in [0.1, 0.15) is 12.8 Å². The summed E-state index contributed by atoms with van der Waals surface area (Å²) in [6.45, 7) is 1.57. The lowest BCUT2D eigenvalue weighted by Crippen LogP contribution is -2.46. The molecule has 96 valence electrons. The van der Waals surface area contributed by atoms with Crippen molar-refractivity contribution in [1.82, 2.24) is 5.32 Å². The van der Waals surface area contributed by atoms with Gasteiger partial charge >= 0.3 is 5.97 Å². The Balaban J connectivity index is 1.86. The van der Waals surface area contributed by atoms with Gasteiger partial charge in [-0.2, -0.15) is 0 Å². The molecule has 2 heterocycles. The Morgan fingerprint density at radius 3 is 2.65 bits per heavy atom. The number of carbonyl (C=O) groups excluding carboxylic acids is 1. The van der Waals surface area contributed by atoms with E-state index in [9.17, 15) is 9.59 Å². The Morgan fingerprint density at radius 2 is 2.00 bits per heavy atom. The summed E-state index contributed by atoms with van der Waals surface area (Å²) in [7, 11) is 0. The van der Waals surface area contributed by atoms with E-state index in [1.807, 2.05) is 0 Å². The van der Waals surface area contributed by atoms with E-state index in [2.05, 4.69) is 5.32 Å². The van der Waals surface area contributed by atoms with Gasteiger partial charge < -0.3 is 19.9 Å². The largest absolute Gasteiger partial charge is 0.481 e. The molecule has 0 aliphatic carbocycles. The van der Waals surface area contributed by atoms with Crippen molar-refractivity contribution in [2.45, 2.75) is 18.9 Å². The number of rotatable bonds is 3. The van der Waals surface area contributed by atoms with Crippen LogP contribution in [0.5, 0.6) is 0 Å². The van der Waals surface area contributed by atoms with Gasteiger partial charge in [0.1, 0.15) is 5.92 Å². The van der Waals surface area contributed by atoms with Crippen LogP contribution in [-0.2, 0) is 19.1 Å². The lowest BCUT2D eigenvalue weighted by molar-refractivity contribution is -0.142. The molecule has 3 unspecified atom stereocenters. The SMILES string of the molecule is O=C(NC1COCC1C(=O)O)C1CCCOC1. The third-order valence-corrected chi connectivity index (χ3v) is 3.26. The van der Waals surface area contributed by atoms with Crippen LogP contribution in [-0.4, -0.2) is 49.5 Å². The Morgan fingerprint density at radius 1 is 1.18 bits per heavy atom. The minimum atomic E-state index is -0.923. The summed E-state index contributed by atoms with van der Waals surface area (Å²) >= 11 is 0. The minimum absolute atomic E-state index is 0.119. The molecule has 2 fully saturated rings. The predicted octanol–water partition coefficient (Wildman–Crippen LogP) is -0.371. The van der Waals surface area contributed by atoms with Crippen molar-refractivity contribution in [3.63, 3.8) is 0 Å². The maximum atomic E-state index is 11.9. The quantitative estimate of drug-likeness (QED) is 0.706. The van der Waals surface area contributed by atoms with Crippen LogP contribution in [0, 0.1) is 11.8 Å². The molecule has 17 heavy (non-hydrogen) atoms. The van der Waals surface area contributed by atoms with Crippen molar-refractivity contribution < 1.29 is 24.2 Å². The molecule has 0 aromatic heterocycles. The molecular formula is C11H17NO5. The van der Waals surface area contributed by atoms with Crippen LogP contribution < -0.4 is 5.32 Å². The van der Waals surface area contributed by atoms with Gasteiger partial charge in [-0.25, -0.2) is 0 Å². The van der Waals surface area contributed by atoms with Gasteiger partial charge in [0.05, 0.1) is 31.8 Å². The topological polar surface area (TPSA) is 84.9 Å². The number of hydrogen-bond acceptors (Lipinski definition) is 4.